The molecule has 1 aromatic heterocycles. The lowest BCUT2D eigenvalue weighted by molar-refractivity contribution is 0.309. The van der Waals surface area contributed by atoms with Crippen LogP contribution in [0.15, 0.2) is 30.3 Å². The van der Waals surface area contributed by atoms with Crippen molar-refractivity contribution in [2.45, 2.75) is 27.0 Å². The Bertz CT molecular complexity index is 499. The number of ether oxygens (including phenoxy) is 1. The Hall–Kier alpha value is -1.32. The fourth-order valence-corrected chi connectivity index (χ4v) is 2.88. The average Bonchev–Trinajstić information content (AvgIpc) is 2.74. The first-order valence-electron chi connectivity index (χ1n) is 6.10. The van der Waals surface area contributed by atoms with Gasteiger partial charge in [0.05, 0.1) is 0 Å². The smallest absolute Gasteiger partial charge is 0.122 e. The van der Waals surface area contributed by atoms with Crippen molar-refractivity contribution >= 4 is 11.3 Å². The van der Waals surface area contributed by atoms with E-state index in [-0.39, 0.29) is 0 Å². The van der Waals surface area contributed by atoms with Crippen LogP contribution in [-0.4, -0.2) is 7.05 Å². The second-order valence-corrected chi connectivity index (χ2v) is 5.76. The van der Waals surface area contributed by atoms with Crippen molar-refractivity contribution in [1.29, 1.82) is 0 Å². The first-order chi connectivity index (χ1) is 8.67. The van der Waals surface area contributed by atoms with Gasteiger partial charge >= 0.3 is 0 Å². The number of hydrogen-bond acceptors (Lipinski definition) is 3. The SMILES string of the molecule is CNCc1ccc(COc2cc(C)cc(C)c2)s1. The summed E-state index contributed by atoms with van der Waals surface area (Å²) in [6, 6.07) is 10.6. The van der Waals surface area contributed by atoms with E-state index in [1.165, 1.54) is 20.9 Å². The predicted octanol–water partition coefficient (Wildman–Crippen LogP) is 3.66. The standard InChI is InChI=1S/C15H19NOS/c1-11-6-12(2)8-13(7-11)17-10-15-5-4-14(18-15)9-16-3/h4-8,16H,9-10H2,1-3H3. The summed E-state index contributed by atoms with van der Waals surface area (Å²) >= 11 is 1.80. The fraction of sp³-hybridized carbons (Fsp3) is 0.333. The van der Waals surface area contributed by atoms with E-state index in [0.29, 0.717) is 6.61 Å². The Morgan fingerprint density at radius 1 is 1.06 bits per heavy atom. The third-order valence-corrected chi connectivity index (χ3v) is 3.70. The first kappa shape index (κ1) is 13.1. The van der Waals surface area contributed by atoms with E-state index in [1.807, 2.05) is 7.05 Å². The molecule has 0 atom stereocenters. The second kappa shape index (κ2) is 6.03. The van der Waals surface area contributed by atoms with Crippen LogP contribution >= 0.6 is 11.3 Å². The molecule has 0 aliphatic rings. The molecule has 0 radical (unpaired) electrons. The van der Waals surface area contributed by atoms with Gasteiger partial charge in [-0.1, -0.05) is 6.07 Å². The Kier molecular flexibility index (Phi) is 4.39. The minimum absolute atomic E-state index is 0.650. The summed E-state index contributed by atoms with van der Waals surface area (Å²) in [6.45, 7) is 5.76. The van der Waals surface area contributed by atoms with Gasteiger partial charge in [-0.25, -0.2) is 0 Å². The maximum Gasteiger partial charge on any atom is 0.122 e. The molecule has 18 heavy (non-hydrogen) atoms. The van der Waals surface area contributed by atoms with Crippen LogP contribution in [0.5, 0.6) is 5.75 Å². The third kappa shape index (κ3) is 3.59. The van der Waals surface area contributed by atoms with E-state index < -0.39 is 0 Å². The molecule has 1 N–H and O–H groups in total. The lowest BCUT2D eigenvalue weighted by atomic mass is 10.1. The number of benzene rings is 1. The molecule has 1 heterocycles. The van der Waals surface area contributed by atoms with Gasteiger partial charge in [-0.15, -0.1) is 11.3 Å². The van der Waals surface area contributed by atoms with Gasteiger partial charge in [-0.05, 0) is 56.3 Å². The van der Waals surface area contributed by atoms with Crippen LogP contribution in [0.1, 0.15) is 20.9 Å². The van der Waals surface area contributed by atoms with Crippen LogP contribution in [0.2, 0.25) is 0 Å². The topological polar surface area (TPSA) is 21.3 Å². The summed E-state index contributed by atoms with van der Waals surface area (Å²) in [5, 5.41) is 3.16. The Morgan fingerprint density at radius 2 is 1.72 bits per heavy atom. The summed E-state index contributed by atoms with van der Waals surface area (Å²) in [7, 11) is 1.96. The third-order valence-electron chi connectivity index (χ3n) is 2.64. The molecule has 0 aliphatic carbocycles. The molecule has 0 saturated heterocycles. The number of aryl methyl sites for hydroxylation is 2. The van der Waals surface area contributed by atoms with E-state index in [2.05, 4.69) is 49.5 Å². The van der Waals surface area contributed by atoms with Crippen LogP contribution < -0.4 is 10.1 Å². The minimum atomic E-state index is 0.650. The van der Waals surface area contributed by atoms with Gasteiger partial charge in [0, 0.05) is 16.3 Å². The Labute approximate surface area is 113 Å². The molecule has 0 spiro atoms. The van der Waals surface area contributed by atoms with Crippen LogP contribution in [0.4, 0.5) is 0 Å². The number of rotatable bonds is 5. The molecule has 2 rings (SSSR count). The molecule has 0 amide bonds. The Morgan fingerprint density at radius 3 is 2.39 bits per heavy atom. The van der Waals surface area contributed by atoms with Gasteiger partial charge in [-0.2, -0.15) is 0 Å². The number of thiophene rings is 1. The molecule has 0 fully saturated rings. The zero-order chi connectivity index (χ0) is 13.0. The minimum Gasteiger partial charge on any atom is -0.488 e. The molecule has 2 aromatic rings. The van der Waals surface area contributed by atoms with Crippen LogP contribution in [0.3, 0.4) is 0 Å². The molecular weight excluding hydrogens is 242 g/mol. The van der Waals surface area contributed by atoms with Crippen LogP contribution in [0.25, 0.3) is 0 Å². The van der Waals surface area contributed by atoms with Crippen molar-refractivity contribution in [3.05, 3.63) is 51.2 Å². The largest absolute Gasteiger partial charge is 0.488 e. The molecule has 1 aromatic carbocycles. The monoisotopic (exact) mass is 261 g/mol. The highest BCUT2D eigenvalue weighted by Gasteiger charge is 2.02. The zero-order valence-corrected chi connectivity index (χ0v) is 11.9. The van der Waals surface area contributed by atoms with Gasteiger partial charge in [0.2, 0.25) is 0 Å². The molecule has 0 unspecified atom stereocenters. The lowest BCUT2D eigenvalue weighted by Gasteiger charge is -2.07. The molecule has 0 aliphatic heterocycles. The summed E-state index contributed by atoms with van der Waals surface area (Å²) in [4.78, 5) is 2.61. The van der Waals surface area contributed by atoms with E-state index in [9.17, 15) is 0 Å². The van der Waals surface area contributed by atoms with Crippen LogP contribution in [0, 0.1) is 13.8 Å². The number of nitrogens with one attached hydrogen (secondary N) is 1. The Balaban J connectivity index is 1.97. The van der Waals surface area contributed by atoms with Gasteiger partial charge < -0.3 is 10.1 Å². The van der Waals surface area contributed by atoms with Crippen molar-refractivity contribution in [2.24, 2.45) is 0 Å². The number of hydrogen-bond donors (Lipinski definition) is 1. The maximum absolute atomic E-state index is 5.84. The fourth-order valence-electron chi connectivity index (χ4n) is 1.94. The molecule has 0 saturated carbocycles. The normalized spacial score (nSPS) is 10.6. The van der Waals surface area contributed by atoms with Gasteiger partial charge in [0.25, 0.3) is 0 Å². The van der Waals surface area contributed by atoms with E-state index in [1.54, 1.807) is 11.3 Å². The van der Waals surface area contributed by atoms with E-state index in [0.717, 1.165) is 12.3 Å². The predicted molar refractivity (Wildman–Crippen MR) is 77.3 cm³/mol. The summed E-state index contributed by atoms with van der Waals surface area (Å²) in [6.07, 6.45) is 0. The van der Waals surface area contributed by atoms with Crippen molar-refractivity contribution in [3.63, 3.8) is 0 Å². The molecular formula is C15H19NOS. The van der Waals surface area contributed by atoms with Gasteiger partial charge in [-0.3, -0.25) is 0 Å². The highest BCUT2D eigenvalue weighted by atomic mass is 32.1. The highest BCUT2D eigenvalue weighted by molar-refractivity contribution is 7.11. The molecule has 2 nitrogen and oxygen atoms in total. The summed E-state index contributed by atoms with van der Waals surface area (Å²) in [5.74, 6) is 0.955. The van der Waals surface area contributed by atoms with Gasteiger partial charge in [0.15, 0.2) is 0 Å². The van der Waals surface area contributed by atoms with E-state index in [4.69, 9.17) is 4.74 Å². The van der Waals surface area contributed by atoms with Crippen LogP contribution in [-0.2, 0) is 13.2 Å². The van der Waals surface area contributed by atoms with Gasteiger partial charge in [0.1, 0.15) is 12.4 Å². The van der Waals surface area contributed by atoms with Crippen molar-refractivity contribution in [2.75, 3.05) is 7.05 Å². The first-order valence-corrected chi connectivity index (χ1v) is 6.92. The summed E-state index contributed by atoms with van der Waals surface area (Å²) < 4.78 is 5.84. The summed E-state index contributed by atoms with van der Waals surface area (Å²) in [5.41, 5.74) is 2.49. The lowest BCUT2D eigenvalue weighted by Crippen LogP contribution is -2.02. The average molecular weight is 261 g/mol. The molecule has 0 bridgehead atoms. The molecule has 96 valence electrons. The quantitative estimate of drug-likeness (QED) is 0.887. The van der Waals surface area contributed by atoms with Crippen molar-refractivity contribution < 1.29 is 4.74 Å². The van der Waals surface area contributed by atoms with Crippen molar-refractivity contribution in [3.8, 4) is 5.75 Å². The highest BCUT2D eigenvalue weighted by Crippen LogP contribution is 2.21. The zero-order valence-electron chi connectivity index (χ0n) is 11.1. The molecule has 3 heteroatoms. The van der Waals surface area contributed by atoms with E-state index >= 15 is 0 Å². The van der Waals surface area contributed by atoms with Crippen molar-refractivity contribution in [1.82, 2.24) is 5.32 Å². The second-order valence-electron chi connectivity index (χ2n) is 4.51. The maximum atomic E-state index is 5.84.